The van der Waals surface area contributed by atoms with Gasteiger partial charge in [0.05, 0.1) is 16.0 Å². The van der Waals surface area contributed by atoms with Crippen molar-refractivity contribution in [3.05, 3.63) is 17.3 Å². The highest BCUT2D eigenvalue weighted by Gasteiger charge is 2.36. The summed E-state index contributed by atoms with van der Waals surface area (Å²) in [4.78, 5) is 9.14. The van der Waals surface area contributed by atoms with Crippen molar-refractivity contribution in [3.63, 3.8) is 0 Å². The highest BCUT2D eigenvalue weighted by molar-refractivity contribution is 7.89. The van der Waals surface area contributed by atoms with Crippen molar-refractivity contribution in [1.82, 2.24) is 14.7 Å². The van der Waals surface area contributed by atoms with Gasteiger partial charge in [0.1, 0.15) is 0 Å². The van der Waals surface area contributed by atoms with Gasteiger partial charge in [-0.1, -0.05) is 6.92 Å². The zero-order valence-corrected chi connectivity index (χ0v) is 15.7. The van der Waals surface area contributed by atoms with Gasteiger partial charge in [0.2, 0.25) is 15.8 Å². The fourth-order valence-corrected chi connectivity index (χ4v) is 5.23. The second kappa shape index (κ2) is 7.28. The molecule has 1 N–H and O–H groups in total. The van der Waals surface area contributed by atoms with Crippen LogP contribution in [0.5, 0.6) is 0 Å². The first-order chi connectivity index (χ1) is 12.2. The Morgan fingerprint density at radius 1 is 1.31 bits per heavy atom. The molecule has 1 fully saturated rings. The number of nitrogens with zero attached hydrogens (tertiary/aromatic N) is 3. The zero-order valence-electron chi connectivity index (χ0n) is 14.1. The Morgan fingerprint density at radius 2 is 2.00 bits per heavy atom. The summed E-state index contributed by atoms with van der Waals surface area (Å²) in [6.07, 6.45) is -3.05. The number of halogens is 3. The Kier molecular flexibility index (Phi) is 5.40. The lowest BCUT2D eigenvalue weighted by atomic mass is 10.1. The van der Waals surface area contributed by atoms with Crippen LogP contribution in [0.15, 0.2) is 11.4 Å². The number of hydrogen-bond donors (Lipinski definition) is 1. The highest BCUT2D eigenvalue weighted by atomic mass is 32.2. The number of anilines is 1. The molecule has 0 atom stereocenters. The summed E-state index contributed by atoms with van der Waals surface area (Å²) in [5, 5.41) is 1.69. The third-order valence-electron chi connectivity index (χ3n) is 4.15. The van der Waals surface area contributed by atoms with Crippen molar-refractivity contribution in [2.24, 2.45) is 0 Å². The fourth-order valence-electron chi connectivity index (χ4n) is 2.98. The fraction of sp³-hybridized carbons (Fsp3) is 0.600. The van der Waals surface area contributed by atoms with E-state index in [1.165, 1.54) is 11.3 Å². The molecular formula is C15H19F3N4O2S2. The number of nitrogens with one attached hydrogen (secondary N) is 1. The first kappa shape index (κ1) is 19.3. The van der Waals surface area contributed by atoms with Gasteiger partial charge in [0.25, 0.3) is 0 Å². The van der Waals surface area contributed by atoms with Crippen LogP contribution in [0, 0.1) is 0 Å². The van der Waals surface area contributed by atoms with Crippen LogP contribution in [0.25, 0.3) is 10.2 Å². The predicted molar refractivity (Wildman–Crippen MR) is 94.9 cm³/mol. The van der Waals surface area contributed by atoms with E-state index < -0.39 is 22.0 Å². The number of rotatable bonds is 5. The number of alkyl halides is 3. The summed E-state index contributed by atoms with van der Waals surface area (Å²) < 4.78 is 66.3. The highest BCUT2D eigenvalue weighted by Crippen LogP contribution is 2.35. The maximum atomic E-state index is 13.1. The van der Waals surface area contributed by atoms with Crippen LogP contribution < -0.4 is 9.62 Å². The lowest BCUT2D eigenvalue weighted by Crippen LogP contribution is -2.45. The number of fused-ring (bicyclic) bond motifs is 1. The summed E-state index contributed by atoms with van der Waals surface area (Å²) in [5.74, 6) is -0.805. The molecule has 144 valence electrons. The molecule has 0 bridgehead atoms. The molecule has 0 spiro atoms. The topological polar surface area (TPSA) is 75.2 Å². The lowest BCUT2D eigenvalue weighted by Gasteiger charge is -2.33. The van der Waals surface area contributed by atoms with E-state index in [0.29, 0.717) is 37.1 Å². The Hall–Kier alpha value is -1.46. The molecule has 1 saturated heterocycles. The number of thiophene rings is 1. The van der Waals surface area contributed by atoms with Gasteiger partial charge in [-0.15, -0.1) is 11.3 Å². The number of sulfonamides is 1. The Morgan fingerprint density at radius 3 is 2.62 bits per heavy atom. The maximum Gasteiger partial charge on any atom is 0.451 e. The first-order valence-corrected chi connectivity index (χ1v) is 10.8. The van der Waals surface area contributed by atoms with Crippen LogP contribution in [-0.4, -0.2) is 43.3 Å². The van der Waals surface area contributed by atoms with Crippen LogP contribution in [0.4, 0.5) is 19.0 Å². The van der Waals surface area contributed by atoms with Crippen molar-refractivity contribution in [3.8, 4) is 0 Å². The largest absolute Gasteiger partial charge is 0.451 e. The average molecular weight is 408 g/mol. The van der Waals surface area contributed by atoms with Crippen LogP contribution in [0.1, 0.15) is 32.0 Å². The first-order valence-electron chi connectivity index (χ1n) is 8.27. The minimum atomic E-state index is -4.61. The van der Waals surface area contributed by atoms with E-state index >= 15 is 0 Å². The Bertz CT molecular complexity index is 875. The standard InChI is InChI=1S/C15H19F3N4O2S2/c1-2-9-26(23,24)21-10-3-6-22(7-4-10)13-12-11(5-8-25-12)19-14(20-13)15(16,17)18/h5,8,10,21H,2-4,6-7,9H2,1H3. The maximum absolute atomic E-state index is 13.1. The molecule has 6 nitrogen and oxygen atoms in total. The summed E-state index contributed by atoms with van der Waals surface area (Å²) in [7, 11) is -3.31. The third kappa shape index (κ3) is 4.26. The van der Waals surface area contributed by atoms with Gasteiger partial charge in [0, 0.05) is 19.1 Å². The number of aromatic nitrogens is 2. The van der Waals surface area contributed by atoms with E-state index in [4.69, 9.17) is 0 Å². The molecule has 3 rings (SSSR count). The smallest absolute Gasteiger partial charge is 0.355 e. The van der Waals surface area contributed by atoms with Crippen molar-refractivity contribution < 1.29 is 21.6 Å². The van der Waals surface area contributed by atoms with Crippen LogP contribution in [0.2, 0.25) is 0 Å². The summed E-state index contributed by atoms with van der Waals surface area (Å²) >= 11 is 1.30. The van der Waals surface area contributed by atoms with Crippen LogP contribution >= 0.6 is 11.3 Å². The van der Waals surface area contributed by atoms with Crippen LogP contribution in [0.3, 0.4) is 0 Å². The van der Waals surface area contributed by atoms with E-state index in [9.17, 15) is 21.6 Å². The van der Waals surface area contributed by atoms with Gasteiger partial charge in [-0.3, -0.25) is 0 Å². The van der Waals surface area contributed by atoms with E-state index in [-0.39, 0.29) is 23.1 Å². The molecule has 0 unspecified atom stereocenters. The Labute approximate surface area is 153 Å². The Balaban J connectivity index is 1.78. The second-order valence-electron chi connectivity index (χ2n) is 6.20. The van der Waals surface area contributed by atoms with Crippen molar-refractivity contribution >= 4 is 37.4 Å². The van der Waals surface area contributed by atoms with E-state index in [2.05, 4.69) is 14.7 Å². The van der Waals surface area contributed by atoms with Gasteiger partial charge in [-0.25, -0.2) is 23.1 Å². The molecule has 0 radical (unpaired) electrons. The zero-order chi connectivity index (χ0) is 18.9. The molecular weight excluding hydrogens is 389 g/mol. The molecule has 1 aliphatic rings. The minimum absolute atomic E-state index is 0.0733. The van der Waals surface area contributed by atoms with Crippen LogP contribution in [-0.2, 0) is 16.2 Å². The van der Waals surface area contributed by atoms with Gasteiger partial charge in [-0.05, 0) is 30.7 Å². The molecule has 1 aliphatic heterocycles. The van der Waals surface area contributed by atoms with E-state index in [0.717, 1.165) is 0 Å². The minimum Gasteiger partial charge on any atom is -0.355 e. The van der Waals surface area contributed by atoms with Gasteiger partial charge >= 0.3 is 6.18 Å². The van der Waals surface area contributed by atoms with Gasteiger partial charge in [-0.2, -0.15) is 13.2 Å². The number of piperidine rings is 1. The molecule has 11 heteroatoms. The molecule has 0 aliphatic carbocycles. The van der Waals surface area contributed by atoms with Crippen molar-refractivity contribution in [1.29, 1.82) is 0 Å². The van der Waals surface area contributed by atoms with Gasteiger partial charge < -0.3 is 4.90 Å². The summed E-state index contributed by atoms with van der Waals surface area (Å²) in [5.41, 5.74) is 0.276. The lowest BCUT2D eigenvalue weighted by molar-refractivity contribution is -0.144. The van der Waals surface area contributed by atoms with E-state index in [1.807, 2.05) is 0 Å². The summed E-state index contributed by atoms with van der Waals surface area (Å²) in [6.45, 7) is 2.66. The quantitative estimate of drug-likeness (QED) is 0.823. The SMILES string of the molecule is CCCS(=O)(=O)NC1CCN(c2nc(C(F)(F)F)nc3ccsc23)CC1. The normalized spacial score (nSPS) is 17.2. The molecule has 0 aromatic carbocycles. The molecule has 2 aromatic heterocycles. The molecule has 0 amide bonds. The van der Waals surface area contributed by atoms with Crippen molar-refractivity contribution in [2.45, 2.75) is 38.4 Å². The predicted octanol–water partition coefficient (Wildman–Crippen LogP) is 3.01. The van der Waals surface area contributed by atoms with Gasteiger partial charge in [0.15, 0.2) is 5.82 Å². The summed E-state index contributed by atoms with van der Waals surface area (Å²) in [6, 6.07) is 1.34. The molecule has 26 heavy (non-hydrogen) atoms. The monoisotopic (exact) mass is 408 g/mol. The van der Waals surface area contributed by atoms with E-state index in [1.54, 1.807) is 23.3 Å². The number of hydrogen-bond acceptors (Lipinski definition) is 6. The second-order valence-corrected chi connectivity index (χ2v) is 8.99. The molecule has 0 saturated carbocycles. The molecule has 2 aromatic rings. The average Bonchev–Trinajstić information content (AvgIpc) is 3.02. The van der Waals surface area contributed by atoms with Crippen molar-refractivity contribution in [2.75, 3.05) is 23.7 Å². The molecule has 3 heterocycles. The third-order valence-corrected chi connectivity index (χ3v) is 6.69.